The van der Waals surface area contributed by atoms with E-state index in [1.807, 2.05) is 0 Å². The van der Waals surface area contributed by atoms with Crippen LogP contribution in [-0.2, 0) is 35.1 Å². The fourth-order valence-corrected chi connectivity index (χ4v) is 4.32. The van der Waals surface area contributed by atoms with Crippen molar-refractivity contribution < 1.29 is 43.7 Å². The topological polar surface area (TPSA) is 243 Å². The minimum Gasteiger partial charge on any atom is -0.399 e. The molecule has 0 aliphatic carbocycles. The van der Waals surface area contributed by atoms with Gasteiger partial charge in [0, 0.05) is 12.6 Å². The van der Waals surface area contributed by atoms with E-state index in [1.54, 1.807) is 0 Å². The first kappa shape index (κ1) is 24.3. The smallest absolute Gasteiger partial charge is 0.296 e. The lowest BCUT2D eigenvalue weighted by Crippen LogP contribution is -2.09. The van der Waals surface area contributed by atoms with E-state index in [2.05, 4.69) is 15.5 Å². The third-order valence-electron chi connectivity index (χ3n) is 3.46. The van der Waals surface area contributed by atoms with Crippen molar-refractivity contribution in [2.75, 3.05) is 11.1 Å². The Morgan fingerprint density at radius 1 is 0.871 bits per heavy atom. The van der Waals surface area contributed by atoms with Crippen LogP contribution in [0.1, 0.15) is 6.92 Å². The van der Waals surface area contributed by atoms with E-state index in [0.29, 0.717) is 0 Å². The highest BCUT2D eigenvalue weighted by molar-refractivity contribution is 7.87. The number of anilines is 2. The van der Waals surface area contributed by atoms with Crippen molar-refractivity contribution in [2.24, 2.45) is 10.2 Å². The van der Waals surface area contributed by atoms with Gasteiger partial charge in [-0.25, -0.2) is 0 Å². The minimum absolute atomic E-state index is 0.00684. The summed E-state index contributed by atoms with van der Waals surface area (Å²) >= 11 is 0. The van der Waals surface area contributed by atoms with Gasteiger partial charge in [0.15, 0.2) is 0 Å². The zero-order valence-corrected chi connectivity index (χ0v) is 17.7. The van der Waals surface area contributed by atoms with Gasteiger partial charge in [-0.15, -0.1) is 10.2 Å². The van der Waals surface area contributed by atoms with Crippen LogP contribution in [0.15, 0.2) is 55.2 Å². The van der Waals surface area contributed by atoms with Gasteiger partial charge in [0.2, 0.25) is 5.91 Å². The van der Waals surface area contributed by atoms with E-state index in [4.69, 9.17) is 10.3 Å². The lowest BCUT2D eigenvalue weighted by molar-refractivity contribution is -0.114. The third kappa shape index (κ3) is 6.03. The number of amides is 1. The Kier molecular flexibility index (Phi) is 6.50. The molecule has 0 saturated carbocycles. The Morgan fingerprint density at radius 3 is 1.81 bits per heavy atom. The molecule has 17 heteroatoms. The zero-order valence-electron chi connectivity index (χ0n) is 15.3. The van der Waals surface area contributed by atoms with Gasteiger partial charge in [-0.2, -0.15) is 25.3 Å². The molecule has 0 aromatic heterocycles. The minimum atomic E-state index is -5.33. The van der Waals surface area contributed by atoms with Gasteiger partial charge in [-0.3, -0.25) is 18.5 Å². The lowest BCUT2D eigenvalue weighted by atomic mass is 10.2. The van der Waals surface area contributed by atoms with Gasteiger partial charge in [-0.1, -0.05) is 0 Å². The Bertz CT molecular complexity index is 1360. The average Bonchev–Trinajstić information content (AvgIpc) is 2.57. The van der Waals surface area contributed by atoms with E-state index >= 15 is 0 Å². The second-order valence-electron chi connectivity index (χ2n) is 5.85. The molecule has 0 spiro atoms. The highest BCUT2D eigenvalue weighted by atomic mass is 32.2. The molecule has 0 radical (unpaired) electrons. The SMILES string of the molecule is CC(=O)Nc1cc(N)ccc1N=Nc1c(S(=O)(=O)O)cc(S(=O)(=O)O)cc1S(=O)(=O)O. The highest BCUT2D eigenvalue weighted by Crippen LogP contribution is 2.37. The number of benzene rings is 2. The van der Waals surface area contributed by atoms with Crippen molar-refractivity contribution in [3.63, 3.8) is 0 Å². The molecule has 2 rings (SSSR count). The Balaban J connectivity index is 2.87. The predicted octanol–water partition coefficient (Wildman–Crippen LogP) is 1.38. The fourth-order valence-electron chi connectivity index (χ4n) is 2.23. The van der Waals surface area contributed by atoms with Crippen molar-refractivity contribution in [2.45, 2.75) is 21.6 Å². The molecule has 0 saturated heterocycles. The number of nitrogens with one attached hydrogen (secondary N) is 1. The molecule has 0 atom stereocenters. The van der Waals surface area contributed by atoms with Crippen LogP contribution in [0.4, 0.5) is 22.7 Å². The number of hydrogen-bond donors (Lipinski definition) is 5. The number of carbonyl (C=O) groups is 1. The summed E-state index contributed by atoms with van der Waals surface area (Å²) in [7, 11) is -15.8. The molecule has 6 N–H and O–H groups in total. The maximum absolute atomic E-state index is 11.7. The quantitative estimate of drug-likeness (QED) is 0.218. The summed E-state index contributed by atoms with van der Waals surface area (Å²) in [5.41, 5.74) is 4.48. The van der Waals surface area contributed by atoms with Gasteiger partial charge in [-0.05, 0) is 30.3 Å². The van der Waals surface area contributed by atoms with E-state index in [1.165, 1.54) is 18.2 Å². The summed E-state index contributed by atoms with van der Waals surface area (Å²) in [6.07, 6.45) is 0. The maximum atomic E-state index is 11.7. The Hall–Kier alpha value is -2.96. The molecule has 14 nitrogen and oxygen atoms in total. The van der Waals surface area contributed by atoms with Crippen molar-refractivity contribution >= 4 is 59.0 Å². The standard InChI is InChI=1S/C14H14N4O10S3/c1-7(19)16-11-4-8(15)2-3-10(11)17-18-14-12(30(23,24)25)5-9(29(20,21)22)6-13(14)31(26,27)28/h2-6H,15H2,1H3,(H,16,19)(H,20,21,22)(H,23,24,25)(H,26,27,28). The second-order valence-corrected chi connectivity index (χ2v) is 10.1. The van der Waals surface area contributed by atoms with Gasteiger partial charge in [0.25, 0.3) is 30.4 Å². The number of rotatable bonds is 6. The van der Waals surface area contributed by atoms with Crippen LogP contribution in [0, 0.1) is 0 Å². The summed E-state index contributed by atoms with van der Waals surface area (Å²) in [6, 6.07) is 4.22. The average molecular weight is 494 g/mol. The summed E-state index contributed by atoms with van der Waals surface area (Å²) < 4.78 is 97.5. The molecule has 31 heavy (non-hydrogen) atoms. The summed E-state index contributed by atoms with van der Waals surface area (Å²) in [5.74, 6) is -0.545. The van der Waals surface area contributed by atoms with E-state index < -0.39 is 56.6 Å². The Morgan fingerprint density at radius 2 is 1.39 bits per heavy atom. The van der Waals surface area contributed by atoms with Crippen LogP contribution < -0.4 is 11.1 Å². The fraction of sp³-hybridized carbons (Fsp3) is 0.0714. The van der Waals surface area contributed by atoms with Gasteiger partial charge < -0.3 is 11.1 Å². The summed E-state index contributed by atoms with van der Waals surface area (Å²) in [5, 5.41) is 9.36. The maximum Gasteiger partial charge on any atom is 0.296 e. The molecule has 0 aliphatic heterocycles. The number of nitrogens with two attached hydrogens (primary N) is 1. The van der Waals surface area contributed by atoms with E-state index in [-0.39, 0.29) is 29.2 Å². The molecule has 1 amide bonds. The molecule has 2 aromatic carbocycles. The van der Waals surface area contributed by atoms with Crippen LogP contribution >= 0.6 is 0 Å². The van der Waals surface area contributed by atoms with Crippen LogP contribution in [0.25, 0.3) is 0 Å². The molecular weight excluding hydrogens is 480 g/mol. The van der Waals surface area contributed by atoms with Crippen LogP contribution in [0.2, 0.25) is 0 Å². The first-order valence-electron chi connectivity index (χ1n) is 7.69. The molecular formula is C14H14N4O10S3. The van der Waals surface area contributed by atoms with Crippen molar-refractivity contribution in [1.29, 1.82) is 0 Å². The normalized spacial score (nSPS) is 12.8. The predicted molar refractivity (Wildman–Crippen MR) is 105 cm³/mol. The summed E-state index contributed by atoms with van der Waals surface area (Å²) in [4.78, 5) is 7.27. The number of nitrogen functional groups attached to an aromatic ring is 1. The van der Waals surface area contributed by atoms with Gasteiger partial charge >= 0.3 is 0 Å². The largest absolute Gasteiger partial charge is 0.399 e. The lowest BCUT2D eigenvalue weighted by Gasteiger charge is -2.10. The van der Waals surface area contributed by atoms with Crippen LogP contribution in [-0.4, -0.2) is 44.8 Å². The summed E-state index contributed by atoms with van der Waals surface area (Å²) in [6.45, 7) is 1.16. The van der Waals surface area contributed by atoms with Gasteiger partial charge in [0.1, 0.15) is 21.2 Å². The molecule has 0 aliphatic rings. The van der Waals surface area contributed by atoms with Crippen LogP contribution in [0.3, 0.4) is 0 Å². The molecule has 168 valence electrons. The monoisotopic (exact) mass is 494 g/mol. The molecule has 2 aromatic rings. The van der Waals surface area contributed by atoms with Crippen molar-refractivity contribution in [3.05, 3.63) is 30.3 Å². The zero-order chi connectivity index (χ0) is 23.8. The number of nitrogens with zero attached hydrogens (tertiary/aromatic N) is 2. The third-order valence-corrected chi connectivity index (χ3v) is 6.02. The molecule has 0 heterocycles. The molecule has 0 bridgehead atoms. The number of carbonyl (C=O) groups excluding carboxylic acids is 1. The first-order chi connectivity index (χ1) is 14.0. The van der Waals surface area contributed by atoms with E-state index in [9.17, 15) is 39.2 Å². The Labute approximate surface area is 176 Å². The van der Waals surface area contributed by atoms with Crippen molar-refractivity contribution in [1.82, 2.24) is 0 Å². The van der Waals surface area contributed by atoms with Gasteiger partial charge in [0.05, 0.1) is 10.6 Å². The van der Waals surface area contributed by atoms with E-state index in [0.717, 1.165) is 6.92 Å². The highest BCUT2D eigenvalue weighted by Gasteiger charge is 2.29. The molecule has 0 fully saturated rings. The van der Waals surface area contributed by atoms with Crippen LogP contribution in [0.5, 0.6) is 0 Å². The second kappa shape index (κ2) is 8.29. The van der Waals surface area contributed by atoms with Crippen molar-refractivity contribution in [3.8, 4) is 0 Å². The number of azo groups is 1. The first-order valence-corrected chi connectivity index (χ1v) is 12.0. The number of hydrogen-bond acceptors (Lipinski definition) is 10. The molecule has 0 unspecified atom stereocenters.